The van der Waals surface area contributed by atoms with Crippen LogP contribution in [0.1, 0.15) is 64.4 Å². The van der Waals surface area contributed by atoms with Crippen molar-refractivity contribution in [3.05, 3.63) is 51.3 Å². The van der Waals surface area contributed by atoms with Gasteiger partial charge < -0.3 is 14.8 Å². The molecule has 1 aromatic heterocycles. The first-order valence-corrected chi connectivity index (χ1v) is 12.1. The number of nitrogens with one attached hydrogen (secondary N) is 1. The summed E-state index contributed by atoms with van der Waals surface area (Å²) >= 11 is 6.04. The Bertz CT molecular complexity index is 1040. The van der Waals surface area contributed by atoms with Crippen molar-refractivity contribution in [3.8, 4) is 0 Å². The minimum atomic E-state index is -0.379. The van der Waals surface area contributed by atoms with E-state index in [4.69, 9.17) is 26.2 Å². The van der Waals surface area contributed by atoms with E-state index in [9.17, 15) is 9.59 Å². The lowest BCUT2D eigenvalue weighted by atomic mass is 9.76. The van der Waals surface area contributed by atoms with Crippen LogP contribution in [0.3, 0.4) is 0 Å². The highest BCUT2D eigenvalue weighted by molar-refractivity contribution is 6.31. The summed E-state index contributed by atoms with van der Waals surface area (Å²) in [5.41, 5.74) is 3.85. The molecule has 3 heterocycles. The second-order valence-corrected chi connectivity index (χ2v) is 9.88. The molecule has 0 aliphatic carbocycles. The van der Waals surface area contributed by atoms with Gasteiger partial charge in [-0.2, -0.15) is 5.10 Å². The van der Waals surface area contributed by atoms with Gasteiger partial charge in [0.25, 0.3) is 5.91 Å². The zero-order valence-electron chi connectivity index (χ0n) is 19.6. The summed E-state index contributed by atoms with van der Waals surface area (Å²) in [4.78, 5) is 25.5. The minimum absolute atomic E-state index is 0.00175. The van der Waals surface area contributed by atoms with Gasteiger partial charge in [0.15, 0.2) is 0 Å². The van der Waals surface area contributed by atoms with Crippen molar-refractivity contribution in [1.29, 1.82) is 0 Å². The molecular weight excluding hydrogens is 442 g/mol. The van der Waals surface area contributed by atoms with Crippen LogP contribution in [-0.4, -0.2) is 48.0 Å². The fourth-order valence-electron chi connectivity index (χ4n) is 4.78. The van der Waals surface area contributed by atoms with Gasteiger partial charge in [0.05, 0.1) is 29.1 Å². The summed E-state index contributed by atoms with van der Waals surface area (Å²) in [6.07, 6.45) is 3.33. The zero-order valence-corrected chi connectivity index (χ0v) is 20.3. The molecule has 1 saturated heterocycles. The van der Waals surface area contributed by atoms with Crippen molar-refractivity contribution in [2.45, 2.75) is 53.0 Å². The van der Waals surface area contributed by atoms with Gasteiger partial charge >= 0.3 is 5.97 Å². The Morgan fingerprint density at radius 2 is 2.12 bits per heavy atom. The molecule has 1 spiro atoms. The Labute approximate surface area is 199 Å². The van der Waals surface area contributed by atoms with Crippen molar-refractivity contribution in [2.24, 2.45) is 11.3 Å². The van der Waals surface area contributed by atoms with Crippen LogP contribution in [0.15, 0.2) is 18.2 Å². The monoisotopic (exact) mass is 473 g/mol. The fraction of sp³-hybridized carbons (Fsp3) is 0.560. The van der Waals surface area contributed by atoms with Gasteiger partial charge in [-0.3, -0.25) is 9.48 Å². The van der Waals surface area contributed by atoms with E-state index in [0.717, 1.165) is 55.0 Å². The number of halogens is 1. The molecule has 0 saturated carbocycles. The van der Waals surface area contributed by atoms with E-state index in [1.165, 1.54) is 0 Å². The summed E-state index contributed by atoms with van der Waals surface area (Å²) in [7, 11) is 0. The van der Waals surface area contributed by atoms with E-state index >= 15 is 0 Å². The molecule has 1 aromatic carbocycles. The summed E-state index contributed by atoms with van der Waals surface area (Å²) in [5.74, 6) is -0.387. The van der Waals surface area contributed by atoms with Crippen LogP contribution in [0.25, 0.3) is 0 Å². The molecular formula is C25H32ClN3O4. The van der Waals surface area contributed by atoms with Crippen molar-refractivity contribution in [1.82, 2.24) is 15.1 Å². The zero-order chi connectivity index (χ0) is 23.6. The van der Waals surface area contributed by atoms with Crippen molar-refractivity contribution >= 4 is 23.5 Å². The van der Waals surface area contributed by atoms with Gasteiger partial charge in [0, 0.05) is 37.2 Å². The molecule has 0 radical (unpaired) electrons. The molecule has 0 bridgehead atoms. The molecule has 7 nitrogen and oxygen atoms in total. The van der Waals surface area contributed by atoms with E-state index in [-0.39, 0.29) is 29.8 Å². The molecule has 2 aromatic rings. The molecule has 2 aliphatic rings. The number of carbonyl (C=O) groups is 2. The maximum Gasteiger partial charge on any atom is 0.338 e. The third kappa shape index (κ3) is 5.09. The Hall–Kier alpha value is -2.38. The number of fused-ring (bicyclic) bond motifs is 1. The third-order valence-electron chi connectivity index (χ3n) is 6.82. The number of rotatable bonds is 6. The van der Waals surface area contributed by atoms with Gasteiger partial charge in [0.2, 0.25) is 0 Å². The maximum atomic E-state index is 13.0. The van der Waals surface area contributed by atoms with E-state index in [0.29, 0.717) is 30.1 Å². The first kappa shape index (κ1) is 23.8. The first-order chi connectivity index (χ1) is 15.8. The van der Waals surface area contributed by atoms with Gasteiger partial charge in [-0.25, -0.2) is 4.79 Å². The van der Waals surface area contributed by atoms with Crippen LogP contribution >= 0.6 is 11.6 Å². The number of hydrogen-bond donors (Lipinski definition) is 1. The number of aromatic nitrogens is 2. The second kappa shape index (κ2) is 9.85. The SMILES string of the molecule is CCc1nn(C[C@@H](C)COC(=O)c2cc(Cl)ccc2C)c2c1C(=O)NCC1(CCOCC1)C2. The highest BCUT2D eigenvalue weighted by atomic mass is 35.5. The van der Waals surface area contributed by atoms with Crippen LogP contribution in [0.4, 0.5) is 0 Å². The standard InChI is InChI=1S/C25H32ClN3O4/c1-4-20-22-21(12-25(15-27-23(22)30)7-9-32-10-8-25)29(28-20)13-16(2)14-33-24(31)19-11-18(26)6-5-17(19)3/h5-6,11,16H,4,7-10,12-15H2,1-3H3,(H,27,30)/t16-/m1/s1. The molecule has 2 aliphatic heterocycles. The number of ether oxygens (including phenoxy) is 2. The molecule has 33 heavy (non-hydrogen) atoms. The number of esters is 1. The summed E-state index contributed by atoms with van der Waals surface area (Å²) in [6.45, 7) is 8.84. The van der Waals surface area contributed by atoms with Gasteiger partial charge in [0.1, 0.15) is 0 Å². The van der Waals surface area contributed by atoms with Gasteiger partial charge in [-0.15, -0.1) is 0 Å². The quantitative estimate of drug-likeness (QED) is 0.641. The lowest BCUT2D eigenvalue weighted by molar-refractivity contribution is 0.0151. The lowest BCUT2D eigenvalue weighted by Crippen LogP contribution is -2.41. The van der Waals surface area contributed by atoms with Crippen LogP contribution < -0.4 is 5.32 Å². The number of benzene rings is 1. The number of nitrogens with zero attached hydrogens (tertiary/aromatic N) is 2. The van der Waals surface area contributed by atoms with Crippen LogP contribution in [-0.2, 0) is 28.9 Å². The van der Waals surface area contributed by atoms with Crippen molar-refractivity contribution < 1.29 is 19.1 Å². The smallest absolute Gasteiger partial charge is 0.338 e. The number of hydrogen-bond acceptors (Lipinski definition) is 5. The van der Waals surface area contributed by atoms with Gasteiger partial charge in [-0.1, -0.05) is 31.5 Å². The number of amides is 1. The predicted octanol–water partition coefficient (Wildman–Crippen LogP) is 3.98. The molecule has 178 valence electrons. The average molecular weight is 474 g/mol. The molecule has 8 heteroatoms. The lowest BCUT2D eigenvalue weighted by Gasteiger charge is -2.36. The Kier molecular flexibility index (Phi) is 7.10. The van der Waals surface area contributed by atoms with E-state index in [1.54, 1.807) is 12.1 Å². The average Bonchev–Trinajstić information content (AvgIpc) is 3.07. The number of aryl methyl sites for hydroxylation is 2. The largest absolute Gasteiger partial charge is 0.462 e. The summed E-state index contributed by atoms with van der Waals surface area (Å²) in [6, 6.07) is 5.20. The van der Waals surface area contributed by atoms with E-state index in [2.05, 4.69) is 5.32 Å². The third-order valence-corrected chi connectivity index (χ3v) is 7.05. The van der Waals surface area contributed by atoms with Crippen LogP contribution in [0, 0.1) is 18.3 Å². The van der Waals surface area contributed by atoms with Crippen LogP contribution in [0.5, 0.6) is 0 Å². The molecule has 1 amide bonds. The topological polar surface area (TPSA) is 82.5 Å². The first-order valence-electron chi connectivity index (χ1n) is 11.7. The summed E-state index contributed by atoms with van der Waals surface area (Å²) < 4.78 is 13.2. The normalized spacial score (nSPS) is 18.4. The van der Waals surface area contributed by atoms with Gasteiger partial charge in [-0.05, 0) is 55.7 Å². The molecule has 1 atom stereocenters. The Morgan fingerprint density at radius 1 is 1.36 bits per heavy atom. The predicted molar refractivity (Wildman–Crippen MR) is 126 cm³/mol. The second-order valence-electron chi connectivity index (χ2n) is 9.44. The highest BCUT2D eigenvalue weighted by Crippen LogP contribution is 2.37. The fourth-order valence-corrected chi connectivity index (χ4v) is 4.95. The van der Waals surface area contributed by atoms with Crippen LogP contribution in [0.2, 0.25) is 5.02 Å². The summed E-state index contributed by atoms with van der Waals surface area (Å²) in [5, 5.41) is 8.45. The Balaban J connectivity index is 1.50. The van der Waals surface area contributed by atoms with Crippen molar-refractivity contribution in [2.75, 3.05) is 26.4 Å². The maximum absolute atomic E-state index is 13.0. The van der Waals surface area contributed by atoms with E-state index in [1.807, 2.05) is 31.5 Å². The van der Waals surface area contributed by atoms with E-state index < -0.39 is 0 Å². The number of carbonyl (C=O) groups excluding carboxylic acids is 2. The minimum Gasteiger partial charge on any atom is -0.462 e. The molecule has 1 fully saturated rings. The molecule has 1 N–H and O–H groups in total. The highest BCUT2D eigenvalue weighted by Gasteiger charge is 2.39. The molecule has 4 rings (SSSR count). The Morgan fingerprint density at radius 3 is 2.85 bits per heavy atom. The van der Waals surface area contributed by atoms with Crippen molar-refractivity contribution in [3.63, 3.8) is 0 Å². The molecule has 0 unspecified atom stereocenters.